The minimum absolute atomic E-state index is 0.00297. The van der Waals surface area contributed by atoms with Crippen LogP contribution in [0.15, 0.2) is 313 Å². The Bertz CT molecular complexity index is 7030. The Morgan fingerprint density at radius 3 is 1.00 bits per heavy atom. The van der Waals surface area contributed by atoms with Crippen molar-refractivity contribution in [3.8, 4) is 45.8 Å². The van der Waals surface area contributed by atoms with Crippen molar-refractivity contribution < 1.29 is 112 Å². The average Bonchev–Trinajstić information content (AvgIpc) is 0.773. The maximum Gasteiger partial charge on any atom is 0.322 e. The standard InChI is InChI=1S/C25H20N2O6S.C25H20N2O6.C24H19N3O7.C20H18N2O8S/c28-21(29)14-26-24(31)22-23(30)19-13-18(34-17-9-5-2-6-10-17)11-12-20(19)27(25(22)32)33-15-16-7-3-1-4-8-16;28-21(29)14-26-24(31)22-23(30)19-13-18(17-9-5-2-6-10-17)11-12-20(19)27(25(22)32)33-15-16-7-3-1-4-8-16;28-20(29)13-26-23(31)21-22(30)17-12-16(34-19-8-4-5-11-25-19)9-10-18(17)27(24(21)32)33-14-15-6-2-1-3-7-15;1-31(28,29)13-7-8-15-14(9-13)18(25)17(19(26)21-10-16(23)24)20(27)22(15)30-11-12-5-3-2-4-6-12/h1-13,30H,14-15H2,(H,26,31)(H,28,29);1-13,30H,14-15H2,(H,26,31)(H,28,29);1-12,30H,13-14H2,(H,26,31)(H,28,29);2-9,25H,10-11H2,1H3,(H,21,26)(H,23,24). The summed E-state index contributed by atoms with van der Waals surface area (Å²) < 4.78 is 33.1. The van der Waals surface area contributed by atoms with E-state index in [9.17, 15) is 86.4 Å². The van der Waals surface area contributed by atoms with Crippen molar-refractivity contribution in [1.29, 1.82) is 0 Å². The van der Waals surface area contributed by atoms with E-state index in [0.29, 0.717) is 11.4 Å². The van der Waals surface area contributed by atoms with E-state index in [1.54, 1.807) is 109 Å². The summed E-state index contributed by atoms with van der Waals surface area (Å²) in [6, 6.07) is 78.5. The molecule has 4 amide bonds. The quantitative estimate of drug-likeness (QED) is 0.0200. The van der Waals surface area contributed by atoms with Crippen molar-refractivity contribution in [2.75, 3.05) is 32.4 Å². The second-order valence-electron chi connectivity index (χ2n) is 28.2. The normalized spacial score (nSPS) is 10.8. The molecule has 0 bridgehead atoms. The molecule has 0 saturated heterocycles. The summed E-state index contributed by atoms with van der Waals surface area (Å²) in [5.74, 6) is -11.4. The molecule has 0 radical (unpaired) electrons. The number of aromatic nitrogens is 5. The van der Waals surface area contributed by atoms with Gasteiger partial charge < -0.3 is 86.2 Å². The van der Waals surface area contributed by atoms with Gasteiger partial charge in [0.1, 0.15) is 81.4 Å². The molecule has 0 atom stereocenters. The molecule has 0 saturated carbocycles. The lowest BCUT2D eigenvalue weighted by Gasteiger charge is -2.16. The maximum absolute atomic E-state index is 13.2. The smallest absolute Gasteiger partial charge is 0.322 e. The van der Waals surface area contributed by atoms with Gasteiger partial charge in [0.15, 0.2) is 32.1 Å². The van der Waals surface area contributed by atoms with Crippen LogP contribution >= 0.6 is 11.8 Å². The number of hydrogen-bond donors (Lipinski definition) is 12. The second-order valence-corrected chi connectivity index (χ2v) is 31.4. The van der Waals surface area contributed by atoms with Crippen LogP contribution in [0.4, 0.5) is 0 Å². The predicted octanol–water partition coefficient (Wildman–Crippen LogP) is 9.01. The number of sulfone groups is 1. The van der Waals surface area contributed by atoms with E-state index in [-0.39, 0.29) is 80.7 Å². The highest BCUT2D eigenvalue weighted by molar-refractivity contribution is 7.99. The fourth-order valence-electron chi connectivity index (χ4n) is 12.8. The zero-order chi connectivity index (χ0) is 94.3. The highest BCUT2D eigenvalue weighted by Crippen LogP contribution is 2.37. The SMILES string of the molecule is CS(=O)(=O)c1ccc2c(c1)c(O)c(C(=O)NCC(=O)O)c(=O)n2OCc1ccccc1.O=C(O)CNC(=O)c1c(O)c2cc(-c3ccccc3)ccc2n(OCc2ccccc2)c1=O.O=C(O)CNC(=O)c1c(O)c2cc(Oc3ccccn3)ccc2n(OCc2ccccc2)c1=O.O=C(O)CNC(=O)c1c(O)c2cc(Sc3ccccc3)ccc2n(OCc2ccccc2)c1=O. The predicted molar refractivity (Wildman–Crippen MR) is 480 cm³/mol. The number of fused-ring (bicyclic) bond motifs is 4. The van der Waals surface area contributed by atoms with E-state index in [0.717, 1.165) is 68.9 Å². The molecule has 5 heterocycles. The van der Waals surface area contributed by atoms with Gasteiger partial charge in [-0.3, -0.25) is 57.5 Å². The Morgan fingerprint density at radius 1 is 0.341 bits per heavy atom. The number of carbonyl (C=O) groups excluding carboxylic acids is 4. The number of rotatable bonds is 30. The van der Waals surface area contributed by atoms with Gasteiger partial charge in [0.05, 0.1) is 27.0 Å². The number of pyridine rings is 5. The number of hydrogen-bond acceptors (Lipinski definition) is 25. The molecule has 15 aromatic rings. The fraction of sp³-hybridized carbons (Fsp3) is 0.0957. The van der Waals surface area contributed by atoms with Gasteiger partial charge in [-0.2, -0.15) is 0 Å². The molecule has 36 nitrogen and oxygen atoms in total. The van der Waals surface area contributed by atoms with Gasteiger partial charge in [0, 0.05) is 49.9 Å². The first kappa shape index (κ1) is 93.6. The Morgan fingerprint density at radius 2 is 0.652 bits per heavy atom. The molecule has 0 aliphatic rings. The first-order chi connectivity index (χ1) is 63.4. The molecule has 5 aromatic heterocycles. The number of carboxylic acid groups (broad SMARTS) is 4. The van der Waals surface area contributed by atoms with Crippen LogP contribution in [-0.2, 0) is 55.4 Å². The van der Waals surface area contributed by atoms with Crippen LogP contribution < -0.4 is 67.6 Å². The molecule has 38 heteroatoms. The summed E-state index contributed by atoms with van der Waals surface area (Å²) in [5.41, 5.74) is -0.945. The van der Waals surface area contributed by atoms with Gasteiger partial charge in [-0.25, -0.2) is 13.4 Å². The summed E-state index contributed by atoms with van der Waals surface area (Å²) in [5, 5.41) is 87.2. The highest BCUT2D eigenvalue weighted by atomic mass is 32.2. The second kappa shape index (κ2) is 43.1. The van der Waals surface area contributed by atoms with Crippen LogP contribution in [0.1, 0.15) is 63.7 Å². The van der Waals surface area contributed by atoms with E-state index in [2.05, 4.69) is 20.9 Å². The van der Waals surface area contributed by atoms with Crippen molar-refractivity contribution in [1.82, 2.24) is 45.2 Å². The summed E-state index contributed by atoms with van der Waals surface area (Å²) in [6.45, 7) is -2.91. The highest BCUT2D eigenvalue weighted by Gasteiger charge is 2.30. The Kier molecular flexibility index (Phi) is 30.6. The van der Waals surface area contributed by atoms with Gasteiger partial charge >= 0.3 is 23.9 Å². The van der Waals surface area contributed by atoms with Crippen LogP contribution in [0, 0.1) is 0 Å². The average molecular weight is 1830 g/mol. The zero-order valence-electron chi connectivity index (χ0n) is 69.1. The Labute approximate surface area is 750 Å². The fourth-order valence-corrected chi connectivity index (χ4v) is 14.3. The molecule has 672 valence electrons. The van der Waals surface area contributed by atoms with Crippen molar-refractivity contribution in [2.24, 2.45) is 0 Å². The molecular formula is C94H77N9O27S2. The van der Waals surface area contributed by atoms with Crippen molar-refractivity contribution in [3.05, 3.63) is 365 Å². The number of ether oxygens (including phenoxy) is 1. The third kappa shape index (κ3) is 23.4. The largest absolute Gasteiger partial charge is 0.506 e. The minimum Gasteiger partial charge on any atom is -0.506 e. The number of aromatic hydroxyl groups is 4. The van der Waals surface area contributed by atoms with E-state index < -0.39 is 151 Å². The third-order valence-electron chi connectivity index (χ3n) is 19.0. The molecule has 0 fully saturated rings. The van der Waals surface area contributed by atoms with E-state index in [1.165, 1.54) is 36.0 Å². The molecule has 12 N–H and O–H groups in total. The van der Waals surface area contributed by atoms with E-state index in [4.69, 9.17) is 44.5 Å². The monoisotopic (exact) mass is 1830 g/mol. The van der Waals surface area contributed by atoms with Gasteiger partial charge in [-0.1, -0.05) is 194 Å². The molecule has 10 aromatic carbocycles. The van der Waals surface area contributed by atoms with Crippen LogP contribution in [0.25, 0.3) is 54.7 Å². The summed E-state index contributed by atoms with van der Waals surface area (Å²) in [7, 11) is -3.66. The van der Waals surface area contributed by atoms with Gasteiger partial charge in [-0.05, 0) is 118 Å². The number of aliphatic carboxylic acids is 4. The molecule has 132 heavy (non-hydrogen) atoms. The third-order valence-corrected chi connectivity index (χ3v) is 21.1. The first-order valence-corrected chi connectivity index (χ1v) is 42.1. The zero-order valence-corrected chi connectivity index (χ0v) is 70.7. The number of carbonyl (C=O) groups is 8. The summed E-state index contributed by atoms with van der Waals surface area (Å²) >= 11 is 1.44. The lowest BCUT2D eigenvalue weighted by atomic mass is 10.0. The van der Waals surface area contributed by atoms with Crippen molar-refractivity contribution in [2.45, 2.75) is 41.1 Å². The summed E-state index contributed by atoms with van der Waals surface area (Å²) in [6.07, 6.45) is 2.52. The van der Waals surface area contributed by atoms with Crippen LogP contribution in [0.5, 0.6) is 34.6 Å². The van der Waals surface area contributed by atoms with Gasteiger partial charge in [0.2, 0.25) is 5.88 Å². The number of nitrogens with one attached hydrogen (secondary N) is 4. The van der Waals surface area contributed by atoms with Crippen molar-refractivity contribution in [3.63, 3.8) is 0 Å². The Hall–Kier alpha value is -17.6. The van der Waals surface area contributed by atoms with Gasteiger partial charge in [-0.15, -0.1) is 18.9 Å². The van der Waals surface area contributed by atoms with Crippen molar-refractivity contribution >= 4 is 113 Å². The van der Waals surface area contributed by atoms with E-state index >= 15 is 0 Å². The number of amides is 4. The molecular weight excluding hydrogens is 1750 g/mol. The first-order valence-electron chi connectivity index (χ1n) is 39.4. The lowest BCUT2D eigenvalue weighted by Crippen LogP contribution is -2.37. The van der Waals surface area contributed by atoms with Gasteiger partial charge in [0.25, 0.3) is 45.9 Å². The molecule has 15 rings (SSSR count). The number of nitrogens with zero attached hydrogens (tertiary/aromatic N) is 5. The lowest BCUT2D eigenvalue weighted by molar-refractivity contribution is -0.136. The molecule has 0 aliphatic carbocycles. The number of benzene rings is 10. The molecule has 0 unspecified atom stereocenters. The van der Waals surface area contributed by atoms with E-state index in [1.807, 2.05) is 145 Å². The minimum atomic E-state index is -3.66. The molecule has 0 spiro atoms. The van der Waals surface area contributed by atoms with Crippen LogP contribution in [-0.4, -0.2) is 153 Å². The topological polar surface area (TPSA) is 528 Å². The van der Waals surface area contributed by atoms with Crippen LogP contribution in [0.3, 0.4) is 0 Å². The number of carboxylic acids is 4. The van der Waals surface area contributed by atoms with Crippen LogP contribution in [0.2, 0.25) is 0 Å². The maximum atomic E-state index is 13.2. The Balaban J connectivity index is 0.000000159. The molecule has 0 aliphatic heterocycles. The summed E-state index contributed by atoms with van der Waals surface area (Å²) in [4.78, 5) is 174.